The van der Waals surface area contributed by atoms with E-state index in [0.717, 1.165) is 6.20 Å². The molecule has 0 saturated carbocycles. The number of nitrogens with two attached hydrogens (primary N) is 1. The van der Waals surface area contributed by atoms with Gasteiger partial charge in [0.05, 0.1) is 18.2 Å². The highest BCUT2D eigenvalue weighted by atomic mass is 19.4. The van der Waals surface area contributed by atoms with Crippen molar-refractivity contribution in [2.45, 2.75) is 12.2 Å². The fourth-order valence-corrected chi connectivity index (χ4v) is 1.24. The highest BCUT2D eigenvalue weighted by Gasteiger charge is 2.35. The van der Waals surface area contributed by atoms with E-state index in [1.165, 1.54) is 17.8 Å². The van der Waals surface area contributed by atoms with Gasteiger partial charge in [-0.05, 0) is 0 Å². The summed E-state index contributed by atoms with van der Waals surface area (Å²) < 4.78 is 38.5. The Balaban J connectivity index is 3.16. The smallest absolute Gasteiger partial charge is 0.394 e. The Hall–Kier alpha value is -1.01. The Morgan fingerprint density at radius 1 is 1.50 bits per heavy atom. The first-order chi connectivity index (χ1) is 6.36. The lowest BCUT2D eigenvalue weighted by Gasteiger charge is -2.11. The van der Waals surface area contributed by atoms with Gasteiger partial charge >= 0.3 is 6.18 Å². The van der Waals surface area contributed by atoms with E-state index < -0.39 is 24.4 Å². The molecule has 0 aliphatic rings. The van der Waals surface area contributed by atoms with Gasteiger partial charge in [-0.2, -0.15) is 13.2 Å². The van der Waals surface area contributed by atoms with Crippen molar-refractivity contribution in [3.8, 4) is 0 Å². The first-order valence-electron chi connectivity index (χ1n) is 3.95. The van der Waals surface area contributed by atoms with Crippen LogP contribution in [0.3, 0.4) is 0 Å². The Bertz CT molecular complexity index is 319. The summed E-state index contributed by atoms with van der Waals surface area (Å²) in [7, 11) is 1.48. The van der Waals surface area contributed by atoms with Crippen molar-refractivity contribution in [1.29, 1.82) is 0 Å². The number of aryl methyl sites for hydroxylation is 1. The summed E-state index contributed by atoms with van der Waals surface area (Å²) >= 11 is 0. The molecule has 14 heavy (non-hydrogen) atoms. The third kappa shape index (κ3) is 2.08. The van der Waals surface area contributed by atoms with Crippen molar-refractivity contribution in [3.05, 3.63) is 23.5 Å². The molecule has 3 nitrogen and oxygen atoms in total. The molecule has 1 aromatic heterocycles. The molecule has 0 amide bonds. The van der Waals surface area contributed by atoms with Crippen molar-refractivity contribution < 1.29 is 18.3 Å². The molecular formula is C8H11F3N2O. The highest BCUT2D eigenvalue weighted by Crippen LogP contribution is 2.34. The van der Waals surface area contributed by atoms with Gasteiger partial charge in [0.25, 0.3) is 0 Å². The van der Waals surface area contributed by atoms with E-state index in [0.29, 0.717) is 0 Å². The van der Waals surface area contributed by atoms with Crippen LogP contribution in [-0.4, -0.2) is 16.3 Å². The molecule has 0 aliphatic carbocycles. The average molecular weight is 208 g/mol. The first kappa shape index (κ1) is 11.1. The van der Waals surface area contributed by atoms with Gasteiger partial charge in [-0.15, -0.1) is 0 Å². The van der Waals surface area contributed by atoms with Gasteiger partial charge in [-0.3, -0.25) is 0 Å². The van der Waals surface area contributed by atoms with Crippen molar-refractivity contribution in [3.63, 3.8) is 0 Å². The number of hydrogen-bond donors (Lipinski definition) is 2. The van der Waals surface area contributed by atoms with E-state index in [1.807, 2.05) is 0 Å². The van der Waals surface area contributed by atoms with Crippen LogP contribution >= 0.6 is 0 Å². The zero-order chi connectivity index (χ0) is 10.9. The van der Waals surface area contributed by atoms with Crippen LogP contribution in [0, 0.1) is 0 Å². The van der Waals surface area contributed by atoms with Crippen LogP contribution in [0.2, 0.25) is 0 Å². The second-order valence-corrected chi connectivity index (χ2v) is 3.08. The van der Waals surface area contributed by atoms with Gasteiger partial charge < -0.3 is 15.4 Å². The quantitative estimate of drug-likeness (QED) is 0.762. The minimum atomic E-state index is -4.43. The third-order valence-corrected chi connectivity index (χ3v) is 1.89. The van der Waals surface area contributed by atoms with Crippen LogP contribution in [0.1, 0.15) is 17.2 Å². The summed E-state index contributed by atoms with van der Waals surface area (Å²) in [5.74, 6) is 0. The largest absolute Gasteiger partial charge is 0.418 e. The molecule has 1 heterocycles. The minimum Gasteiger partial charge on any atom is -0.394 e. The van der Waals surface area contributed by atoms with Crippen LogP contribution in [0.4, 0.5) is 13.2 Å². The van der Waals surface area contributed by atoms with Crippen LogP contribution in [-0.2, 0) is 13.2 Å². The van der Waals surface area contributed by atoms with Crippen molar-refractivity contribution in [2.24, 2.45) is 12.8 Å². The Kier molecular flexibility index (Phi) is 2.86. The number of alkyl halides is 3. The number of halogens is 3. The lowest BCUT2D eigenvalue weighted by molar-refractivity contribution is -0.138. The Morgan fingerprint density at radius 2 is 2.07 bits per heavy atom. The molecule has 0 radical (unpaired) electrons. The van der Waals surface area contributed by atoms with E-state index in [4.69, 9.17) is 10.8 Å². The van der Waals surface area contributed by atoms with E-state index >= 15 is 0 Å². The van der Waals surface area contributed by atoms with Gasteiger partial charge in [0.15, 0.2) is 0 Å². The molecular weight excluding hydrogens is 197 g/mol. The van der Waals surface area contributed by atoms with E-state index in [2.05, 4.69) is 0 Å². The van der Waals surface area contributed by atoms with Gasteiger partial charge in [-0.25, -0.2) is 0 Å². The standard InChI is InChI=1S/C8H11F3N2O/c1-13-2-5(7(12)4-14)6(3-13)8(9,10)11/h2-3,7,14H,4,12H2,1H3. The summed E-state index contributed by atoms with van der Waals surface area (Å²) in [4.78, 5) is 0. The molecule has 6 heteroatoms. The second kappa shape index (κ2) is 3.62. The number of aliphatic hydroxyl groups excluding tert-OH is 1. The maximum Gasteiger partial charge on any atom is 0.418 e. The van der Waals surface area contributed by atoms with Crippen molar-refractivity contribution in [1.82, 2.24) is 4.57 Å². The van der Waals surface area contributed by atoms with E-state index in [1.54, 1.807) is 0 Å². The summed E-state index contributed by atoms with van der Waals surface area (Å²) in [6.45, 7) is -0.507. The second-order valence-electron chi connectivity index (χ2n) is 3.08. The summed E-state index contributed by atoms with van der Waals surface area (Å²) in [6.07, 6.45) is -2.21. The zero-order valence-corrected chi connectivity index (χ0v) is 7.54. The predicted molar refractivity (Wildman–Crippen MR) is 44.4 cm³/mol. The molecule has 0 fully saturated rings. The van der Waals surface area contributed by atoms with Crippen molar-refractivity contribution >= 4 is 0 Å². The minimum absolute atomic E-state index is 0.0810. The van der Waals surface area contributed by atoms with Gasteiger partial charge in [0.1, 0.15) is 0 Å². The summed E-state index contributed by atoms with van der Waals surface area (Å²) in [5, 5.41) is 8.69. The topological polar surface area (TPSA) is 51.2 Å². The third-order valence-electron chi connectivity index (χ3n) is 1.89. The van der Waals surface area contributed by atoms with Crippen LogP contribution in [0.5, 0.6) is 0 Å². The summed E-state index contributed by atoms with van der Waals surface area (Å²) in [5.41, 5.74) is 4.47. The Morgan fingerprint density at radius 3 is 2.50 bits per heavy atom. The predicted octanol–water partition coefficient (Wildman–Crippen LogP) is 1.04. The lowest BCUT2D eigenvalue weighted by atomic mass is 10.1. The molecule has 0 aliphatic heterocycles. The molecule has 3 N–H and O–H groups in total. The zero-order valence-electron chi connectivity index (χ0n) is 7.54. The monoisotopic (exact) mass is 208 g/mol. The Labute approximate surface area is 78.9 Å². The molecule has 1 atom stereocenters. The average Bonchev–Trinajstić information content (AvgIpc) is 2.45. The highest BCUT2D eigenvalue weighted by molar-refractivity contribution is 5.30. The van der Waals surface area contributed by atoms with Crippen LogP contribution in [0.25, 0.3) is 0 Å². The lowest BCUT2D eigenvalue weighted by Crippen LogP contribution is -2.18. The van der Waals surface area contributed by atoms with Gasteiger partial charge in [0, 0.05) is 25.0 Å². The molecule has 80 valence electrons. The molecule has 1 unspecified atom stereocenters. The number of aliphatic hydroxyl groups is 1. The SMILES string of the molecule is Cn1cc(C(N)CO)c(C(F)(F)F)c1. The van der Waals surface area contributed by atoms with E-state index in [9.17, 15) is 13.2 Å². The maximum absolute atomic E-state index is 12.4. The number of rotatable bonds is 2. The molecule has 1 aromatic rings. The first-order valence-corrected chi connectivity index (χ1v) is 3.95. The fourth-order valence-electron chi connectivity index (χ4n) is 1.24. The fraction of sp³-hybridized carbons (Fsp3) is 0.500. The van der Waals surface area contributed by atoms with Gasteiger partial charge in [0.2, 0.25) is 0 Å². The van der Waals surface area contributed by atoms with Gasteiger partial charge in [-0.1, -0.05) is 0 Å². The number of aromatic nitrogens is 1. The van der Waals surface area contributed by atoms with Crippen LogP contribution < -0.4 is 5.73 Å². The molecule has 0 spiro atoms. The molecule has 0 aromatic carbocycles. The molecule has 0 bridgehead atoms. The normalized spacial score (nSPS) is 14.4. The molecule has 0 saturated heterocycles. The number of hydrogen-bond acceptors (Lipinski definition) is 2. The summed E-state index contributed by atoms with van der Waals surface area (Å²) in [6, 6.07) is -0.993. The molecule has 1 rings (SSSR count). The number of nitrogens with zero attached hydrogens (tertiary/aromatic N) is 1. The maximum atomic E-state index is 12.4. The van der Waals surface area contributed by atoms with Crippen LogP contribution in [0.15, 0.2) is 12.4 Å². The van der Waals surface area contributed by atoms with E-state index in [-0.39, 0.29) is 5.56 Å². The van der Waals surface area contributed by atoms with Crippen molar-refractivity contribution in [2.75, 3.05) is 6.61 Å².